The highest BCUT2D eigenvalue weighted by atomic mass is 32.2. The normalized spacial score (nSPS) is 22.5. The lowest BCUT2D eigenvalue weighted by Gasteiger charge is -2.33. The molecule has 126 valence electrons. The average Bonchev–Trinajstić information content (AvgIpc) is 2.53. The number of hydrogen-bond donors (Lipinski definition) is 1. The summed E-state index contributed by atoms with van der Waals surface area (Å²) in [6, 6.07) is 5.55. The van der Waals surface area contributed by atoms with Crippen molar-refractivity contribution in [3.8, 4) is 0 Å². The van der Waals surface area contributed by atoms with Crippen molar-refractivity contribution in [2.24, 2.45) is 11.8 Å². The van der Waals surface area contributed by atoms with Gasteiger partial charge in [0.2, 0.25) is 10.0 Å². The third-order valence-corrected chi connectivity index (χ3v) is 5.70. The number of aliphatic carboxylic acids is 1. The molecule has 0 spiro atoms. The number of esters is 1. The summed E-state index contributed by atoms with van der Waals surface area (Å²) >= 11 is 0. The maximum Gasteiger partial charge on any atom is 0.337 e. The number of piperidine rings is 1. The van der Waals surface area contributed by atoms with Gasteiger partial charge in [0.25, 0.3) is 0 Å². The summed E-state index contributed by atoms with van der Waals surface area (Å²) in [5.41, 5.74) is 0.133. The minimum Gasteiger partial charge on any atom is -0.481 e. The zero-order valence-electron chi connectivity index (χ0n) is 12.9. The van der Waals surface area contributed by atoms with Gasteiger partial charge in [-0.2, -0.15) is 4.31 Å². The molecule has 7 nitrogen and oxygen atoms in total. The number of carboxylic acid groups (broad SMARTS) is 1. The molecule has 1 saturated heterocycles. The number of carbonyl (C=O) groups is 2. The highest BCUT2D eigenvalue weighted by molar-refractivity contribution is 7.89. The average molecular weight is 341 g/mol. The Morgan fingerprint density at radius 1 is 1.30 bits per heavy atom. The van der Waals surface area contributed by atoms with Gasteiger partial charge in [0.05, 0.1) is 23.5 Å². The summed E-state index contributed by atoms with van der Waals surface area (Å²) in [5.74, 6) is -2.40. The molecule has 0 radical (unpaired) electrons. The second-order valence-corrected chi connectivity index (χ2v) is 7.66. The van der Waals surface area contributed by atoms with Crippen LogP contribution in [0.2, 0.25) is 0 Å². The van der Waals surface area contributed by atoms with Gasteiger partial charge in [0.15, 0.2) is 0 Å². The first-order valence-electron chi connectivity index (χ1n) is 7.17. The molecule has 23 heavy (non-hydrogen) atoms. The smallest absolute Gasteiger partial charge is 0.337 e. The van der Waals surface area contributed by atoms with E-state index in [4.69, 9.17) is 0 Å². The van der Waals surface area contributed by atoms with E-state index in [1.165, 1.54) is 35.7 Å². The molecule has 2 atom stereocenters. The molecule has 1 N–H and O–H groups in total. The van der Waals surface area contributed by atoms with E-state index in [2.05, 4.69) is 4.74 Å². The Bertz CT molecular complexity index is 714. The van der Waals surface area contributed by atoms with Gasteiger partial charge in [-0.25, -0.2) is 13.2 Å². The molecule has 1 fully saturated rings. The van der Waals surface area contributed by atoms with Crippen molar-refractivity contribution >= 4 is 22.0 Å². The summed E-state index contributed by atoms with van der Waals surface area (Å²) in [6.07, 6.45) is 0.448. The number of nitrogens with zero attached hydrogens (tertiary/aromatic N) is 1. The topological polar surface area (TPSA) is 101 Å². The van der Waals surface area contributed by atoms with Crippen molar-refractivity contribution in [3.05, 3.63) is 29.8 Å². The third-order valence-electron chi connectivity index (χ3n) is 3.87. The van der Waals surface area contributed by atoms with Gasteiger partial charge in [-0.1, -0.05) is 13.0 Å². The third kappa shape index (κ3) is 3.70. The van der Waals surface area contributed by atoms with Gasteiger partial charge in [0, 0.05) is 13.1 Å². The molecular weight excluding hydrogens is 322 g/mol. The number of methoxy groups -OCH3 is 1. The lowest BCUT2D eigenvalue weighted by molar-refractivity contribution is -0.143. The van der Waals surface area contributed by atoms with Crippen molar-refractivity contribution < 1.29 is 27.9 Å². The van der Waals surface area contributed by atoms with E-state index in [9.17, 15) is 23.1 Å². The Balaban J connectivity index is 2.34. The molecule has 1 aromatic carbocycles. The zero-order chi connectivity index (χ0) is 17.2. The molecule has 0 bridgehead atoms. The number of sulfonamides is 1. The summed E-state index contributed by atoms with van der Waals surface area (Å²) in [7, 11) is -2.65. The van der Waals surface area contributed by atoms with Gasteiger partial charge >= 0.3 is 11.9 Å². The van der Waals surface area contributed by atoms with Crippen molar-refractivity contribution in [1.82, 2.24) is 4.31 Å². The Labute approximate surface area is 134 Å². The summed E-state index contributed by atoms with van der Waals surface area (Å²) < 4.78 is 31.3. The van der Waals surface area contributed by atoms with Crippen LogP contribution >= 0.6 is 0 Å². The van der Waals surface area contributed by atoms with Crippen LogP contribution in [0.1, 0.15) is 23.7 Å². The van der Waals surface area contributed by atoms with Gasteiger partial charge in [-0.15, -0.1) is 0 Å². The fourth-order valence-electron chi connectivity index (χ4n) is 2.73. The van der Waals surface area contributed by atoms with Gasteiger partial charge < -0.3 is 9.84 Å². The first-order chi connectivity index (χ1) is 10.8. The number of rotatable bonds is 4. The van der Waals surface area contributed by atoms with Crippen LogP contribution in [0, 0.1) is 11.8 Å². The van der Waals surface area contributed by atoms with Gasteiger partial charge in [-0.05, 0) is 30.5 Å². The standard InChI is InChI=1S/C15H19NO6S/c1-10-6-12(14(17)18)9-16(8-10)23(20,21)13-5-3-4-11(7-13)15(19)22-2/h3-5,7,10,12H,6,8-9H2,1-2H3,(H,17,18). The van der Waals surface area contributed by atoms with Crippen LogP contribution in [0.15, 0.2) is 29.2 Å². The zero-order valence-corrected chi connectivity index (χ0v) is 13.7. The Kier molecular flexibility index (Phi) is 5.06. The van der Waals surface area contributed by atoms with Crippen molar-refractivity contribution in [2.75, 3.05) is 20.2 Å². The van der Waals surface area contributed by atoms with Crippen LogP contribution in [-0.4, -0.2) is 50.0 Å². The largest absolute Gasteiger partial charge is 0.481 e. The monoisotopic (exact) mass is 341 g/mol. The maximum absolute atomic E-state index is 12.7. The van der Waals surface area contributed by atoms with Crippen LogP contribution in [0.5, 0.6) is 0 Å². The molecule has 2 rings (SSSR count). The molecule has 1 aromatic rings. The lowest BCUT2D eigenvalue weighted by Crippen LogP contribution is -2.45. The SMILES string of the molecule is COC(=O)c1cccc(S(=O)(=O)N2CC(C)CC(C(=O)O)C2)c1. The van der Waals surface area contributed by atoms with Crippen LogP contribution in [-0.2, 0) is 19.6 Å². The quantitative estimate of drug-likeness (QED) is 0.826. The molecule has 0 aromatic heterocycles. The fourth-order valence-corrected chi connectivity index (χ4v) is 4.38. The van der Waals surface area contributed by atoms with E-state index in [1.54, 1.807) is 0 Å². The number of hydrogen-bond acceptors (Lipinski definition) is 5. The van der Waals surface area contributed by atoms with E-state index in [-0.39, 0.29) is 29.5 Å². The van der Waals surface area contributed by atoms with Gasteiger partial charge in [0.1, 0.15) is 0 Å². The molecule has 2 unspecified atom stereocenters. The first kappa shape index (κ1) is 17.4. The number of benzene rings is 1. The summed E-state index contributed by atoms with van der Waals surface area (Å²) in [6.45, 7) is 2.02. The molecular formula is C15H19NO6S. The first-order valence-corrected chi connectivity index (χ1v) is 8.61. The van der Waals surface area contributed by atoms with E-state index in [1.807, 2.05) is 6.92 Å². The van der Waals surface area contributed by atoms with Crippen molar-refractivity contribution in [2.45, 2.75) is 18.2 Å². The van der Waals surface area contributed by atoms with Crippen molar-refractivity contribution in [1.29, 1.82) is 0 Å². The van der Waals surface area contributed by atoms with Crippen LogP contribution in [0.25, 0.3) is 0 Å². The Morgan fingerprint density at radius 2 is 2.00 bits per heavy atom. The molecule has 0 amide bonds. The molecule has 1 aliphatic rings. The molecule has 1 heterocycles. The van der Waals surface area contributed by atoms with E-state index in [0.29, 0.717) is 6.42 Å². The Morgan fingerprint density at radius 3 is 2.61 bits per heavy atom. The maximum atomic E-state index is 12.7. The van der Waals surface area contributed by atoms with Crippen LogP contribution in [0.3, 0.4) is 0 Å². The minimum atomic E-state index is -3.86. The number of carboxylic acids is 1. The predicted octanol–water partition coefficient (Wildman–Crippen LogP) is 1.20. The van der Waals surface area contributed by atoms with Crippen LogP contribution in [0.4, 0.5) is 0 Å². The Hall–Kier alpha value is -1.93. The van der Waals surface area contributed by atoms with E-state index in [0.717, 1.165) is 0 Å². The van der Waals surface area contributed by atoms with Gasteiger partial charge in [-0.3, -0.25) is 4.79 Å². The lowest BCUT2D eigenvalue weighted by atomic mass is 9.92. The number of ether oxygens (including phenoxy) is 1. The fraction of sp³-hybridized carbons (Fsp3) is 0.467. The predicted molar refractivity (Wildman–Crippen MR) is 81.4 cm³/mol. The highest BCUT2D eigenvalue weighted by Gasteiger charge is 2.36. The van der Waals surface area contributed by atoms with E-state index < -0.39 is 27.9 Å². The number of carbonyl (C=O) groups excluding carboxylic acids is 1. The van der Waals surface area contributed by atoms with Crippen LogP contribution < -0.4 is 0 Å². The molecule has 0 aliphatic carbocycles. The molecule has 1 aliphatic heterocycles. The second kappa shape index (κ2) is 6.67. The van der Waals surface area contributed by atoms with Crippen molar-refractivity contribution in [3.63, 3.8) is 0 Å². The highest BCUT2D eigenvalue weighted by Crippen LogP contribution is 2.27. The summed E-state index contributed by atoms with van der Waals surface area (Å²) in [5, 5.41) is 9.18. The second-order valence-electron chi connectivity index (χ2n) is 5.72. The summed E-state index contributed by atoms with van der Waals surface area (Å²) in [4.78, 5) is 22.7. The molecule has 0 saturated carbocycles. The minimum absolute atomic E-state index is 0.0429. The molecule has 8 heteroatoms. The van der Waals surface area contributed by atoms with E-state index >= 15 is 0 Å².